The summed E-state index contributed by atoms with van der Waals surface area (Å²) in [6.07, 6.45) is 8.41. The lowest BCUT2D eigenvalue weighted by molar-refractivity contribution is 0.191. The normalized spacial score (nSPS) is 18.0. The standard InChI is InChI=1S/C21H27N5O/c1-16(18-8-7-17-5-2-3-6-19(17)15-18)24-21(27)26-13-11-25(12-14-26)20-22-9-4-10-23-20/h4,7-10,15-16H,2-3,5-6,11-14H2,1H3,(H,24,27)/t16-/m0/s1. The first-order valence-corrected chi connectivity index (χ1v) is 9.90. The van der Waals surface area contributed by atoms with Crippen molar-refractivity contribution < 1.29 is 4.79 Å². The van der Waals surface area contributed by atoms with Gasteiger partial charge in [0.1, 0.15) is 0 Å². The lowest BCUT2D eigenvalue weighted by atomic mass is 9.89. The van der Waals surface area contributed by atoms with Crippen molar-refractivity contribution in [3.8, 4) is 0 Å². The van der Waals surface area contributed by atoms with E-state index in [9.17, 15) is 4.79 Å². The highest BCUT2D eigenvalue weighted by atomic mass is 16.2. The molecular formula is C21H27N5O. The van der Waals surface area contributed by atoms with Crippen LogP contribution in [0.3, 0.4) is 0 Å². The van der Waals surface area contributed by atoms with Crippen molar-refractivity contribution in [2.24, 2.45) is 0 Å². The molecular weight excluding hydrogens is 338 g/mol. The van der Waals surface area contributed by atoms with Crippen LogP contribution in [-0.2, 0) is 12.8 Å². The molecule has 2 aromatic rings. The lowest BCUT2D eigenvalue weighted by Gasteiger charge is -2.35. The number of anilines is 1. The Balaban J connectivity index is 1.33. The third-order valence-electron chi connectivity index (χ3n) is 5.61. The summed E-state index contributed by atoms with van der Waals surface area (Å²) in [4.78, 5) is 25.3. The Kier molecular flexibility index (Phi) is 5.23. The first kappa shape index (κ1) is 17.8. The second-order valence-corrected chi connectivity index (χ2v) is 7.43. The van der Waals surface area contributed by atoms with E-state index in [1.54, 1.807) is 12.4 Å². The van der Waals surface area contributed by atoms with Crippen LogP contribution in [0.4, 0.5) is 10.7 Å². The van der Waals surface area contributed by atoms with Crippen LogP contribution < -0.4 is 10.2 Å². The first-order chi connectivity index (χ1) is 13.2. The Morgan fingerprint density at radius 1 is 1.04 bits per heavy atom. The summed E-state index contributed by atoms with van der Waals surface area (Å²) < 4.78 is 0. The number of aryl methyl sites for hydroxylation is 2. The number of carbonyl (C=O) groups excluding carboxylic acids is 1. The number of aromatic nitrogens is 2. The highest BCUT2D eigenvalue weighted by molar-refractivity contribution is 5.75. The van der Waals surface area contributed by atoms with Crippen LogP contribution in [-0.4, -0.2) is 47.1 Å². The molecule has 1 aliphatic heterocycles. The van der Waals surface area contributed by atoms with Gasteiger partial charge in [0.2, 0.25) is 5.95 Å². The number of hydrogen-bond acceptors (Lipinski definition) is 4. The van der Waals surface area contributed by atoms with Crippen molar-refractivity contribution in [1.82, 2.24) is 20.2 Å². The Morgan fingerprint density at radius 2 is 1.74 bits per heavy atom. The maximum atomic E-state index is 12.7. The Bertz CT molecular complexity index is 786. The lowest BCUT2D eigenvalue weighted by Crippen LogP contribution is -2.52. The summed E-state index contributed by atoms with van der Waals surface area (Å²) in [5, 5.41) is 3.16. The largest absolute Gasteiger partial charge is 0.337 e. The number of piperazine rings is 1. The third kappa shape index (κ3) is 4.04. The molecule has 142 valence electrons. The number of rotatable bonds is 3. The molecule has 2 heterocycles. The van der Waals surface area contributed by atoms with E-state index in [4.69, 9.17) is 0 Å². The molecule has 6 heteroatoms. The quantitative estimate of drug-likeness (QED) is 0.908. The Labute approximate surface area is 160 Å². The second-order valence-electron chi connectivity index (χ2n) is 7.43. The van der Waals surface area contributed by atoms with Gasteiger partial charge in [-0.15, -0.1) is 0 Å². The number of benzene rings is 1. The summed E-state index contributed by atoms with van der Waals surface area (Å²) in [5.41, 5.74) is 4.12. The monoisotopic (exact) mass is 365 g/mol. The number of carbonyl (C=O) groups is 1. The molecule has 1 aromatic carbocycles. The molecule has 1 aromatic heterocycles. The molecule has 1 aliphatic carbocycles. The summed E-state index contributed by atoms with van der Waals surface area (Å²) in [6.45, 7) is 4.94. The predicted octanol–water partition coefficient (Wildman–Crippen LogP) is 2.95. The van der Waals surface area contributed by atoms with Crippen molar-refractivity contribution >= 4 is 12.0 Å². The van der Waals surface area contributed by atoms with Crippen molar-refractivity contribution in [2.45, 2.75) is 38.6 Å². The summed E-state index contributed by atoms with van der Waals surface area (Å²) >= 11 is 0. The smallest absolute Gasteiger partial charge is 0.317 e. The van der Waals surface area contributed by atoms with Crippen molar-refractivity contribution in [2.75, 3.05) is 31.1 Å². The number of amides is 2. The summed E-state index contributed by atoms with van der Waals surface area (Å²) in [6, 6.07) is 8.53. The van der Waals surface area contributed by atoms with Crippen molar-refractivity contribution in [3.63, 3.8) is 0 Å². The van der Waals surface area contributed by atoms with Gasteiger partial charge < -0.3 is 15.1 Å². The minimum Gasteiger partial charge on any atom is -0.337 e. The van der Waals surface area contributed by atoms with Gasteiger partial charge in [-0.1, -0.05) is 18.2 Å². The number of urea groups is 1. The topological polar surface area (TPSA) is 61.4 Å². The Morgan fingerprint density at radius 3 is 2.48 bits per heavy atom. The molecule has 0 saturated carbocycles. The fraction of sp³-hybridized carbons (Fsp3) is 0.476. The van der Waals surface area contributed by atoms with Crippen molar-refractivity contribution in [3.05, 3.63) is 53.3 Å². The minimum absolute atomic E-state index is 0.00820. The first-order valence-electron chi connectivity index (χ1n) is 9.90. The SMILES string of the molecule is C[C@H](NC(=O)N1CCN(c2ncccn2)CC1)c1ccc2c(c1)CCCC2. The van der Waals surface area contributed by atoms with E-state index in [1.165, 1.54) is 36.0 Å². The van der Waals surface area contributed by atoms with Gasteiger partial charge in [0, 0.05) is 38.6 Å². The zero-order valence-corrected chi connectivity index (χ0v) is 15.9. The van der Waals surface area contributed by atoms with Crippen LogP contribution in [0.5, 0.6) is 0 Å². The zero-order valence-electron chi connectivity index (χ0n) is 15.9. The number of fused-ring (bicyclic) bond motifs is 1. The predicted molar refractivity (Wildman–Crippen MR) is 106 cm³/mol. The summed E-state index contributed by atoms with van der Waals surface area (Å²) in [5.74, 6) is 0.736. The van der Waals surface area contributed by atoms with Crippen LogP contribution in [0.1, 0.15) is 42.5 Å². The van der Waals surface area contributed by atoms with Crippen LogP contribution in [0.25, 0.3) is 0 Å². The number of nitrogens with zero attached hydrogens (tertiary/aromatic N) is 4. The molecule has 1 saturated heterocycles. The molecule has 0 unspecified atom stereocenters. The van der Waals surface area contributed by atoms with E-state index in [0.717, 1.165) is 25.5 Å². The van der Waals surface area contributed by atoms with Gasteiger partial charge in [-0.2, -0.15) is 0 Å². The van der Waals surface area contributed by atoms with E-state index in [1.807, 2.05) is 11.0 Å². The van der Waals surface area contributed by atoms with Crippen molar-refractivity contribution in [1.29, 1.82) is 0 Å². The van der Waals surface area contributed by atoms with E-state index in [0.29, 0.717) is 13.1 Å². The average Bonchev–Trinajstić information content (AvgIpc) is 2.74. The van der Waals surface area contributed by atoms with E-state index < -0.39 is 0 Å². The van der Waals surface area contributed by atoms with E-state index in [-0.39, 0.29) is 12.1 Å². The van der Waals surface area contributed by atoms with Gasteiger partial charge in [0.15, 0.2) is 0 Å². The fourth-order valence-electron chi connectivity index (χ4n) is 3.95. The molecule has 27 heavy (non-hydrogen) atoms. The maximum Gasteiger partial charge on any atom is 0.317 e. The van der Waals surface area contributed by atoms with Crippen LogP contribution in [0.15, 0.2) is 36.7 Å². The molecule has 0 spiro atoms. The molecule has 2 aliphatic rings. The molecule has 2 amide bonds. The molecule has 0 radical (unpaired) electrons. The van der Waals surface area contributed by atoms with Gasteiger partial charge in [0.05, 0.1) is 6.04 Å². The fourth-order valence-corrected chi connectivity index (χ4v) is 3.95. The second kappa shape index (κ2) is 7.94. The molecule has 4 rings (SSSR count). The summed E-state index contributed by atoms with van der Waals surface area (Å²) in [7, 11) is 0. The third-order valence-corrected chi connectivity index (χ3v) is 5.61. The average molecular weight is 365 g/mol. The van der Waals surface area contributed by atoms with Gasteiger partial charge in [-0.05, 0) is 55.4 Å². The van der Waals surface area contributed by atoms with Crippen LogP contribution >= 0.6 is 0 Å². The van der Waals surface area contributed by atoms with Crippen LogP contribution in [0.2, 0.25) is 0 Å². The van der Waals surface area contributed by atoms with Gasteiger partial charge >= 0.3 is 6.03 Å². The molecule has 0 bridgehead atoms. The number of nitrogens with one attached hydrogen (secondary N) is 1. The van der Waals surface area contributed by atoms with Gasteiger partial charge in [-0.25, -0.2) is 14.8 Å². The highest BCUT2D eigenvalue weighted by Crippen LogP contribution is 2.25. The molecule has 1 fully saturated rings. The molecule has 1 atom stereocenters. The number of hydrogen-bond donors (Lipinski definition) is 1. The Hall–Kier alpha value is -2.63. The van der Waals surface area contributed by atoms with Gasteiger partial charge in [0.25, 0.3) is 0 Å². The van der Waals surface area contributed by atoms with E-state index in [2.05, 4.69) is 45.3 Å². The zero-order chi connectivity index (χ0) is 18.6. The molecule has 6 nitrogen and oxygen atoms in total. The van der Waals surface area contributed by atoms with Crippen LogP contribution in [0, 0.1) is 0 Å². The minimum atomic E-state index is 0.00820. The van der Waals surface area contributed by atoms with Gasteiger partial charge in [-0.3, -0.25) is 0 Å². The highest BCUT2D eigenvalue weighted by Gasteiger charge is 2.23. The maximum absolute atomic E-state index is 12.7. The molecule has 1 N–H and O–H groups in total. The van der Waals surface area contributed by atoms with E-state index >= 15 is 0 Å².